The summed E-state index contributed by atoms with van der Waals surface area (Å²) in [6.07, 6.45) is 3.17. The van der Waals surface area contributed by atoms with Gasteiger partial charge < -0.3 is 5.32 Å². The topological polar surface area (TPSA) is 46.2 Å². The molecule has 0 fully saturated rings. The third-order valence-corrected chi connectivity index (χ3v) is 4.03. The van der Waals surface area contributed by atoms with Gasteiger partial charge in [-0.3, -0.25) is 9.59 Å². The van der Waals surface area contributed by atoms with Gasteiger partial charge in [0.1, 0.15) is 0 Å². The lowest BCUT2D eigenvalue weighted by Crippen LogP contribution is -2.28. The molecule has 0 saturated heterocycles. The number of aryl methyl sites for hydroxylation is 1. The van der Waals surface area contributed by atoms with Gasteiger partial charge in [-0.1, -0.05) is 53.5 Å². The van der Waals surface area contributed by atoms with Gasteiger partial charge in [0.2, 0.25) is 0 Å². The van der Waals surface area contributed by atoms with E-state index in [2.05, 4.69) is 5.32 Å². The van der Waals surface area contributed by atoms with Gasteiger partial charge in [0.05, 0.1) is 5.57 Å². The monoisotopic (exact) mass is 375 g/mol. The molecule has 2 aromatic rings. The summed E-state index contributed by atoms with van der Waals surface area (Å²) in [6, 6.07) is 14.9. The van der Waals surface area contributed by atoms with Crippen LogP contribution in [-0.2, 0) is 16.0 Å². The Hall–Kier alpha value is -2.10. The molecule has 0 aliphatic heterocycles. The fourth-order valence-electron chi connectivity index (χ4n) is 2.39. The molecule has 25 heavy (non-hydrogen) atoms. The number of nitrogens with one attached hydrogen (secondary N) is 1. The van der Waals surface area contributed by atoms with Gasteiger partial charge in [-0.15, -0.1) is 0 Å². The molecule has 2 aromatic carbocycles. The van der Waals surface area contributed by atoms with Crippen LogP contribution in [0.25, 0.3) is 6.08 Å². The van der Waals surface area contributed by atoms with Crippen molar-refractivity contribution >= 4 is 41.0 Å². The minimum absolute atomic E-state index is 0.0815. The van der Waals surface area contributed by atoms with Crippen LogP contribution < -0.4 is 5.32 Å². The summed E-state index contributed by atoms with van der Waals surface area (Å²) in [7, 11) is 0. The van der Waals surface area contributed by atoms with Crippen LogP contribution in [0.15, 0.2) is 54.1 Å². The highest BCUT2D eigenvalue weighted by Gasteiger charge is 2.14. The van der Waals surface area contributed by atoms with E-state index in [9.17, 15) is 9.59 Å². The Balaban J connectivity index is 1.98. The largest absolute Gasteiger partial charge is 0.352 e. The van der Waals surface area contributed by atoms with Gasteiger partial charge >= 0.3 is 0 Å². The summed E-state index contributed by atoms with van der Waals surface area (Å²) in [5.41, 5.74) is 1.91. The van der Waals surface area contributed by atoms with E-state index in [0.29, 0.717) is 22.2 Å². The second-order valence-electron chi connectivity index (χ2n) is 5.66. The van der Waals surface area contributed by atoms with Crippen LogP contribution in [0.2, 0.25) is 10.0 Å². The van der Waals surface area contributed by atoms with Crippen LogP contribution >= 0.6 is 23.2 Å². The van der Waals surface area contributed by atoms with Crippen LogP contribution in [0.3, 0.4) is 0 Å². The average Bonchev–Trinajstić information content (AvgIpc) is 2.56. The van der Waals surface area contributed by atoms with Gasteiger partial charge in [-0.25, -0.2) is 0 Å². The molecule has 2 rings (SSSR count). The molecular formula is C20H19Cl2NO2. The minimum Gasteiger partial charge on any atom is -0.352 e. The Bertz CT molecular complexity index is 765. The summed E-state index contributed by atoms with van der Waals surface area (Å²) in [6.45, 7) is 1.86. The highest BCUT2D eigenvalue weighted by molar-refractivity contribution is 6.35. The number of benzene rings is 2. The fourth-order valence-corrected chi connectivity index (χ4v) is 2.93. The molecule has 0 spiro atoms. The number of carbonyl (C=O) groups excluding carboxylic acids is 2. The zero-order valence-corrected chi connectivity index (χ0v) is 15.4. The van der Waals surface area contributed by atoms with Gasteiger partial charge in [-0.05, 0) is 55.2 Å². The van der Waals surface area contributed by atoms with Crippen molar-refractivity contribution in [2.24, 2.45) is 0 Å². The number of hydrogen-bond acceptors (Lipinski definition) is 2. The molecule has 130 valence electrons. The fraction of sp³-hybridized carbons (Fsp3) is 0.200. The second kappa shape index (κ2) is 9.40. The Labute approximate surface area is 157 Å². The van der Waals surface area contributed by atoms with Crippen molar-refractivity contribution in [3.63, 3.8) is 0 Å². The predicted molar refractivity (Wildman–Crippen MR) is 103 cm³/mol. The summed E-state index contributed by atoms with van der Waals surface area (Å²) < 4.78 is 0. The molecule has 0 aliphatic carbocycles. The molecular weight excluding hydrogens is 357 g/mol. The van der Waals surface area contributed by atoms with Crippen molar-refractivity contribution in [3.8, 4) is 0 Å². The molecule has 1 N–H and O–H groups in total. The first-order valence-electron chi connectivity index (χ1n) is 7.96. The van der Waals surface area contributed by atoms with Crippen molar-refractivity contribution in [2.45, 2.75) is 19.8 Å². The van der Waals surface area contributed by atoms with Gasteiger partial charge in [0, 0.05) is 16.6 Å². The Morgan fingerprint density at radius 2 is 1.68 bits per heavy atom. The van der Waals surface area contributed by atoms with Gasteiger partial charge in [-0.2, -0.15) is 0 Å². The minimum atomic E-state index is -0.392. The van der Waals surface area contributed by atoms with E-state index in [1.54, 1.807) is 18.2 Å². The predicted octanol–water partition coefficient (Wildman–Crippen LogP) is 4.71. The summed E-state index contributed by atoms with van der Waals surface area (Å²) in [4.78, 5) is 24.1. The first-order valence-corrected chi connectivity index (χ1v) is 8.72. The van der Waals surface area contributed by atoms with Crippen molar-refractivity contribution in [3.05, 3.63) is 75.3 Å². The molecule has 5 heteroatoms. The first-order chi connectivity index (χ1) is 12.0. The SMILES string of the molecule is CC(=O)/C(=C/c1cc(Cl)cc(Cl)c1)C(=O)NCCCc1ccccc1. The summed E-state index contributed by atoms with van der Waals surface area (Å²) in [5, 5.41) is 3.69. The maximum Gasteiger partial charge on any atom is 0.254 e. The lowest BCUT2D eigenvalue weighted by Gasteiger charge is -2.07. The maximum atomic E-state index is 12.3. The zero-order chi connectivity index (χ0) is 18.2. The van der Waals surface area contributed by atoms with E-state index < -0.39 is 5.91 Å². The zero-order valence-electron chi connectivity index (χ0n) is 13.9. The van der Waals surface area contributed by atoms with Crippen molar-refractivity contribution < 1.29 is 9.59 Å². The van der Waals surface area contributed by atoms with E-state index in [4.69, 9.17) is 23.2 Å². The Morgan fingerprint density at radius 1 is 1.04 bits per heavy atom. The maximum absolute atomic E-state index is 12.3. The lowest BCUT2D eigenvalue weighted by molar-refractivity contribution is -0.121. The summed E-state index contributed by atoms with van der Waals surface area (Å²) >= 11 is 11.9. The highest BCUT2D eigenvalue weighted by Crippen LogP contribution is 2.21. The van der Waals surface area contributed by atoms with Crippen LogP contribution in [0.1, 0.15) is 24.5 Å². The average molecular weight is 376 g/mol. The molecule has 0 bridgehead atoms. The number of rotatable bonds is 7. The van der Waals surface area contributed by atoms with Gasteiger partial charge in [0.15, 0.2) is 5.78 Å². The van der Waals surface area contributed by atoms with Crippen molar-refractivity contribution in [1.29, 1.82) is 0 Å². The Kier molecular flexibility index (Phi) is 7.23. The molecule has 3 nitrogen and oxygen atoms in total. The molecule has 0 atom stereocenters. The van der Waals surface area contributed by atoms with Crippen LogP contribution in [0.4, 0.5) is 0 Å². The van der Waals surface area contributed by atoms with Crippen LogP contribution in [0, 0.1) is 0 Å². The van der Waals surface area contributed by atoms with E-state index in [0.717, 1.165) is 12.8 Å². The van der Waals surface area contributed by atoms with Crippen LogP contribution in [0.5, 0.6) is 0 Å². The molecule has 0 unspecified atom stereocenters. The van der Waals surface area contributed by atoms with E-state index >= 15 is 0 Å². The highest BCUT2D eigenvalue weighted by atomic mass is 35.5. The quantitative estimate of drug-likeness (QED) is 0.329. The number of Topliss-reactive ketones (excluding diaryl/α,β-unsaturated/α-hetero) is 1. The number of carbonyl (C=O) groups is 2. The van der Waals surface area contributed by atoms with Gasteiger partial charge in [0.25, 0.3) is 5.91 Å². The normalized spacial score (nSPS) is 11.2. The third kappa shape index (κ3) is 6.37. The van der Waals surface area contributed by atoms with Crippen molar-refractivity contribution in [2.75, 3.05) is 6.54 Å². The molecule has 0 aliphatic rings. The van der Waals surface area contributed by atoms with E-state index in [1.807, 2.05) is 30.3 Å². The lowest BCUT2D eigenvalue weighted by atomic mass is 10.1. The van der Waals surface area contributed by atoms with E-state index in [-0.39, 0.29) is 11.4 Å². The van der Waals surface area contributed by atoms with Crippen molar-refractivity contribution in [1.82, 2.24) is 5.32 Å². The third-order valence-electron chi connectivity index (χ3n) is 3.59. The Morgan fingerprint density at radius 3 is 2.28 bits per heavy atom. The number of amides is 1. The van der Waals surface area contributed by atoms with E-state index in [1.165, 1.54) is 18.6 Å². The molecule has 1 amide bonds. The second-order valence-corrected chi connectivity index (χ2v) is 6.53. The number of halogens is 2. The van der Waals surface area contributed by atoms with Crippen LogP contribution in [-0.4, -0.2) is 18.2 Å². The number of hydrogen-bond donors (Lipinski definition) is 1. The molecule has 0 saturated carbocycles. The molecule has 0 aromatic heterocycles. The first kappa shape index (κ1) is 19.2. The molecule has 0 radical (unpaired) electrons. The molecule has 0 heterocycles. The number of ketones is 1. The summed E-state index contributed by atoms with van der Waals surface area (Å²) in [5.74, 6) is -0.701. The smallest absolute Gasteiger partial charge is 0.254 e. The standard InChI is InChI=1S/C20H19Cl2NO2/c1-14(24)19(12-16-10-17(21)13-18(22)11-16)20(25)23-9-5-8-15-6-3-2-4-7-15/h2-4,6-7,10-13H,5,8-9H2,1H3,(H,23,25)/b19-12-.